The lowest BCUT2D eigenvalue weighted by atomic mass is 10.2. The van der Waals surface area contributed by atoms with Crippen LogP contribution in [0.15, 0.2) is 41.0 Å². The van der Waals surface area contributed by atoms with E-state index in [0.717, 1.165) is 12.8 Å². The zero-order valence-electron chi connectivity index (χ0n) is 12.4. The second-order valence-corrected chi connectivity index (χ2v) is 5.30. The largest absolute Gasteiger partial charge is 0.467 e. The fraction of sp³-hybridized carbons (Fsp3) is 0.250. The summed E-state index contributed by atoms with van der Waals surface area (Å²) in [4.78, 5) is 23.8. The van der Waals surface area contributed by atoms with Gasteiger partial charge in [0.15, 0.2) is 0 Å². The number of amides is 2. The van der Waals surface area contributed by atoms with Crippen molar-refractivity contribution < 1.29 is 14.0 Å². The van der Waals surface area contributed by atoms with Crippen LogP contribution < -0.4 is 16.4 Å². The number of carbonyl (C=O) groups excluding carboxylic acids is 2. The van der Waals surface area contributed by atoms with E-state index in [1.54, 1.807) is 30.3 Å². The highest BCUT2D eigenvalue weighted by atomic mass is 35.5. The molecule has 0 radical (unpaired) electrons. The molecule has 3 rings (SSSR count). The summed E-state index contributed by atoms with van der Waals surface area (Å²) in [5.74, 6) is 0.439. The highest BCUT2D eigenvalue weighted by Gasteiger charge is 2.29. The molecule has 0 bridgehead atoms. The van der Waals surface area contributed by atoms with Crippen LogP contribution in [0.5, 0.6) is 0 Å². The van der Waals surface area contributed by atoms with Crippen molar-refractivity contribution in [2.75, 3.05) is 10.6 Å². The molecule has 6 nitrogen and oxygen atoms in total. The van der Waals surface area contributed by atoms with Crippen molar-refractivity contribution in [3.05, 3.63) is 47.9 Å². The van der Waals surface area contributed by atoms with Gasteiger partial charge in [0.25, 0.3) is 5.91 Å². The molecule has 2 aromatic rings. The first-order valence-corrected chi connectivity index (χ1v) is 7.15. The number of hydrogen-bond acceptors (Lipinski definition) is 4. The van der Waals surface area contributed by atoms with Crippen LogP contribution in [0.4, 0.5) is 11.4 Å². The minimum absolute atomic E-state index is 0. The van der Waals surface area contributed by atoms with Gasteiger partial charge in [-0.3, -0.25) is 9.59 Å². The molecule has 0 unspecified atom stereocenters. The van der Waals surface area contributed by atoms with Crippen LogP contribution >= 0.6 is 12.4 Å². The molecule has 1 aliphatic rings. The fourth-order valence-electron chi connectivity index (χ4n) is 2.07. The first kappa shape index (κ1) is 17.1. The zero-order valence-corrected chi connectivity index (χ0v) is 13.2. The highest BCUT2D eigenvalue weighted by Crippen LogP contribution is 2.30. The Kier molecular flexibility index (Phi) is 5.41. The van der Waals surface area contributed by atoms with E-state index < -0.39 is 0 Å². The van der Waals surface area contributed by atoms with Gasteiger partial charge in [-0.15, -0.1) is 12.4 Å². The van der Waals surface area contributed by atoms with Crippen LogP contribution in [0.2, 0.25) is 0 Å². The predicted molar refractivity (Wildman–Crippen MR) is 89.6 cm³/mol. The van der Waals surface area contributed by atoms with E-state index in [1.165, 1.54) is 6.26 Å². The molecule has 4 N–H and O–H groups in total. The lowest BCUT2D eigenvalue weighted by Crippen LogP contribution is -2.14. The summed E-state index contributed by atoms with van der Waals surface area (Å²) in [7, 11) is 0. The Hall–Kier alpha value is -2.31. The lowest BCUT2D eigenvalue weighted by Gasteiger charge is -2.08. The van der Waals surface area contributed by atoms with Gasteiger partial charge in [0, 0.05) is 17.3 Å². The maximum atomic E-state index is 12.1. The molecule has 122 valence electrons. The second-order valence-electron chi connectivity index (χ2n) is 5.30. The van der Waals surface area contributed by atoms with Gasteiger partial charge < -0.3 is 20.8 Å². The van der Waals surface area contributed by atoms with E-state index in [4.69, 9.17) is 10.2 Å². The molecule has 1 heterocycles. The number of benzene rings is 1. The summed E-state index contributed by atoms with van der Waals surface area (Å²) >= 11 is 0. The minimum Gasteiger partial charge on any atom is -0.467 e. The van der Waals surface area contributed by atoms with E-state index in [2.05, 4.69) is 10.6 Å². The van der Waals surface area contributed by atoms with Crippen molar-refractivity contribution in [2.24, 2.45) is 11.7 Å². The van der Waals surface area contributed by atoms with Crippen LogP contribution in [0.3, 0.4) is 0 Å². The fourth-order valence-corrected chi connectivity index (χ4v) is 2.07. The lowest BCUT2D eigenvalue weighted by molar-refractivity contribution is -0.117. The molecule has 1 fully saturated rings. The van der Waals surface area contributed by atoms with Gasteiger partial charge in [-0.2, -0.15) is 0 Å². The first-order valence-electron chi connectivity index (χ1n) is 7.15. The van der Waals surface area contributed by atoms with Crippen LogP contribution in [0.25, 0.3) is 0 Å². The number of rotatable bonds is 5. The summed E-state index contributed by atoms with van der Waals surface area (Å²) in [5, 5.41) is 5.61. The Bertz CT molecular complexity index is 710. The zero-order chi connectivity index (χ0) is 15.5. The quantitative estimate of drug-likeness (QED) is 0.782. The third-order valence-electron chi connectivity index (χ3n) is 3.45. The Morgan fingerprint density at radius 3 is 2.48 bits per heavy atom. The van der Waals surface area contributed by atoms with Crippen molar-refractivity contribution in [3.63, 3.8) is 0 Å². The monoisotopic (exact) mass is 335 g/mol. The van der Waals surface area contributed by atoms with E-state index in [1.807, 2.05) is 0 Å². The molecule has 0 atom stereocenters. The van der Waals surface area contributed by atoms with Crippen molar-refractivity contribution in [1.29, 1.82) is 0 Å². The van der Waals surface area contributed by atoms with Crippen LogP contribution in [-0.2, 0) is 11.3 Å². The number of nitrogens with two attached hydrogens (primary N) is 1. The summed E-state index contributed by atoms with van der Waals surface area (Å²) in [6.07, 6.45) is 3.27. The Morgan fingerprint density at radius 2 is 1.87 bits per heavy atom. The Labute approximate surface area is 139 Å². The average Bonchev–Trinajstić information content (AvgIpc) is 3.25. The second kappa shape index (κ2) is 7.30. The predicted octanol–water partition coefficient (Wildman–Crippen LogP) is 2.76. The van der Waals surface area contributed by atoms with E-state index >= 15 is 0 Å². The highest BCUT2D eigenvalue weighted by molar-refractivity contribution is 6.04. The number of furan rings is 1. The molecular formula is C16H18ClN3O3. The molecule has 7 heteroatoms. The van der Waals surface area contributed by atoms with Crippen LogP contribution in [-0.4, -0.2) is 11.8 Å². The van der Waals surface area contributed by atoms with Crippen molar-refractivity contribution in [2.45, 2.75) is 19.4 Å². The van der Waals surface area contributed by atoms with Crippen molar-refractivity contribution in [3.8, 4) is 0 Å². The molecule has 0 saturated heterocycles. The van der Waals surface area contributed by atoms with Gasteiger partial charge >= 0.3 is 0 Å². The summed E-state index contributed by atoms with van der Waals surface area (Å²) in [6, 6.07) is 8.66. The molecule has 1 aliphatic carbocycles. The van der Waals surface area contributed by atoms with Gasteiger partial charge in [0.2, 0.25) is 5.91 Å². The minimum atomic E-state index is -0.283. The van der Waals surface area contributed by atoms with Gasteiger partial charge in [0.05, 0.1) is 12.1 Å². The Morgan fingerprint density at radius 1 is 1.17 bits per heavy atom. The van der Waals surface area contributed by atoms with Crippen molar-refractivity contribution >= 4 is 35.6 Å². The first-order chi connectivity index (χ1) is 10.7. The smallest absolute Gasteiger partial charge is 0.258 e. The van der Waals surface area contributed by atoms with Gasteiger partial charge in [-0.05, 0) is 37.1 Å². The van der Waals surface area contributed by atoms with E-state index in [0.29, 0.717) is 22.7 Å². The molecule has 1 saturated carbocycles. The summed E-state index contributed by atoms with van der Waals surface area (Å²) in [5.41, 5.74) is 7.13. The third kappa shape index (κ3) is 4.34. The van der Waals surface area contributed by atoms with Gasteiger partial charge in [0.1, 0.15) is 12.0 Å². The molecule has 1 aromatic carbocycles. The van der Waals surface area contributed by atoms with Crippen LogP contribution in [0, 0.1) is 5.92 Å². The standard InChI is InChI=1S/C16H17N3O3.ClH/c17-8-14-6-11(9-22-14)16(21)19-13-3-1-2-12(7-13)18-15(20)10-4-5-10;/h1-3,6-7,9-10H,4-5,8,17H2,(H,18,20)(H,19,21);1H. The number of carbonyl (C=O) groups is 2. The third-order valence-corrected chi connectivity index (χ3v) is 3.45. The molecule has 1 aromatic heterocycles. The van der Waals surface area contributed by atoms with Crippen LogP contribution in [0.1, 0.15) is 29.0 Å². The molecule has 2 amide bonds. The number of anilines is 2. The topological polar surface area (TPSA) is 97.4 Å². The maximum absolute atomic E-state index is 12.1. The SMILES string of the molecule is Cl.NCc1cc(C(=O)Nc2cccc(NC(=O)C3CC3)c2)co1. The molecule has 0 spiro atoms. The molecule has 0 aliphatic heterocycles. The van der Waals surface area contributed by atoms with Crippen molar-refractivity contribution in [1.82, 2.24) is 0 Å². The van der Waals surface area contributed by atoms with E-state index in [-0.39, 0.29) is 36.7 Å². The molecular weight excluding hydrogens is 318 g/mol. The summed E-state index contributed by atoms with van der Waals surface area (Å²) < 4.78 is 5.14. The van der Waals surface area contributed by atoms with Gasteiger partial charge in [-0.25, -0.2) is 0 Å². The number of hydrogen-bond donors (Lipinski definition) is 3. The summed E-state index contributed by atoms with van der Waals surface area (Å²) in [6.45, 7) is 0.246. The average molecular weight is 336 g/mol. The number of nitrogens with one attached hydrogen (secondary N) is 2. The normalized spacial score (nSPS) is 13.1. The van der Waals surface area contributed by atoms with Gasteiger partial charge in [-0.1, -0.05) is 6.07 Å². The molecule has 23 heavy (non-hydrogen) atoms. The van der Waals surface area contributed by atoms with E-state index in [9.17, 15) is 9.59 Å². The Balaban J connectivity index is 0.00000192. The number of halogens is 1. The maximum Gasteiger partial charge on any atom is 0.258 e.